The number of thiocarbonyl (C=S) groups is 1. The zero-order chi connectivity index (χ0) is 22.9. The molecule has 1 aliphatic carbocycles. The quantitative estimate of drug-likeness (QED) is 0.408. The molecule has 3 amide bonds. The van der Waals surface area contributed by atoms with Gasteiger partial charge in [-0.2, -0.15) is 0 Å². The molecule has 2 aromatic rings. The largest absolute Gasteiger partial charge is 0.496 e. The topological polar surface area (TPSA) is 109 Å². The van der Waals surface area contributed by atoms with Crippen molar-refractivity contribution in [1.29, 1.82) is 0 Å². The molecule has 8 nitrogen and oxygen atoms in total. The number of amides is 3. The molecular weight excluding hydrogens is 428 g/mol. The van der Waals surface area contributed by atoms with Crippen molar-refractivity contribution in [3.63, 3.8) is 0 Å². The summed E-state index contributed by atoms with van der Waals surface area (Å²) in [5.41, 5.74) is 6.26. The molecule has 0 spiro atoms. The van der Waals surface area contributed by atoms with Crippen LogP contribution in [0.15, 0.2) is 48.5 Å². The zero-order valence-corrected chi connectivity index (χ0v) is 18.6. The fourth-order valence-corrected chi connectivity index (χ4v) is 3.68. The molecule has 168 valence electrons. The van der Waals surface area contributed by atoms with E-state index in [-0.39, 0.29) is 16.9 Å². The highest BCUT2D eigenvalue weighted by molar-refractivity contribution is 7.80. The van der Waals surface area contributed by atoms with E-state index in [1.54, 1.807) is 48.5 Å². The lowest BCUT2D eigenvalue weighted by Crippen LogP contribution is -2.48. The van der Waals surface area contributed by atoms with Crippen LogP contribution in [0.2, 0.25) is 0 Å². The summed E-state index contributed by atoms with van der Waals surface area (Å²) in [6.07, 6.45) is 5.21. The lowest BCUT2D eigenvalue weighted by Gasteiger charge is -2.20. The fraction of sp³-hybridized carbons (Fsp3) is 0.304. The first-order chi connectivity index (χ1) is 15.5. The molecule has 4 N–H and O–H groups in total. The standard InChI is InChI=1S/C23H26N4O4S/c1-31-19-10-6-5-9-18(19)22(30)25-23(32)27-26-21(29)16-11-13-17(14-12-16)24-20(28)15-7-3-2-4-8-15/h5-6,9-15H,2-4,7-8H2,1H3,(H,24,28)(H,26,29)(H2,25,27,30,32). The number of anilines is 1. The summed E-state index contributed by atoms with van der Waals surface area (Å²) in [4.78, 5) is 37.0. The first kappa shape index (κ1) is 23.2. The molecule has 9 heteroatoms. The van der Waals surface area contributed by atoms with E-state index in [2.05, 4.69) is 21.5 Å². The van der Waals surface area contributed by atoms with E-state index < -0.39 is 11.8 Å². The minimum atomic E-state index is -0.466. The van der Waals surface area contributed by atoms with Crippen molar-refractivity contribution in [2.24, 2.45) is 5.92 Å². The first-order valence-corrected chi connectivity index (χ1v) is 10.8. The van der Waals surface area contributed by atoms with Gasteiger partial charge in [-0.1, -0.05) is 31.4 Å². The van der Waals surface area contributed by atoms with Gasteiger partial charge in [-0.05, 0) is 61.5 Å². The second-order valence-electron chi connectivity index (χ2n) is 7.46. The van der Waals surface area contributed by atoms with Gasteiger partial charge in [0, 0.05) is 17.2 Å². The van der Waals surface area contributed by atoms with Crippen LogP contribution in [0.5, 0.6) is 5.75 Å². The molecule has 0 bridgehead atoms. The normalized spacial score (nSPS) is 13.5. The van der Waals surface area contributed by atoms with Crippen LogP contribution in [0.1, 0.15) is 52.8 Å². The Morgan fingerprint density at radius 1 is 0.906 bits per heavy atom. The molecule has 0 aromatic heterocycles. The van der Waals surface area contributed by atoms with Crippen LogP contribution in [0.25, 0.3) is 0 Å². The van der Waals surface area contributed by atoms with Crippen LogP contribution < -0.4 is 26.2 Å². The van der Waals surface area contributed by atoms with Crippen LogP contribution in [0.3, 0.4) is 0 Å². The van der Waals surface area contributed by atoms with E-state index in [4.69, 9.17) is 17.0 Å². The molecule has 0 aliphatic heterocycles. The predicted molar refractivity (Wildman–Crippen MR) is 125 cm³/mol. The van der Waals surface area contributed by atoms with Gasteiger partial charge in [-0.15, -0.1) is 0 Å². The maximum Gasteiger partial charge on any atom is 0.269 e. The van der Waals surface area contributed by atoms with E-state index >= 15 is 0 Å². The number of para-hydroxylation sites is 1. The van der Waals surface area contributed by atoms with Crippen molar-refractivity contribution >= 4 is 40.7 Å². The minimum absolute atomic E-state index is 0.0275. The van der Waals surface area contributed by atoms with Gasteiger partial charge in [-0.25, -0.2) is 0 Å². The number of hydrogen-bond acceptors (Lipinski definition) is 5. The number of carbonyl (C=O) groups is 3. The van der Waals surface area contributed by atoms with Crippen molar-refractivity contribution in [2.45, 2.75) is 32.1 Å². The van der Waals surface area contributed by atoms with Gasteiger partial charge >= 0.3 is 0 Å². The molecule has 0 atom stereocenters. The van der Waals surface area contributed by atoms with Crippen molar-refractivity contribution in [1.82, 2.24) is 16.2 Å². The van der Waals surface area contributed by atoms with Crippen molar-refractivity contribution < 1.29 is 19.1 Å². The van der Waals surface area contributed by atoms with Gasteiger partial charge in [0.2, 0.25) is 5.91 Å². The smallest absolute Gasteiger partial charge is 0.269 e. The Balaban J connectivity index is 1.47. The van der Waals surface area contributed by atoms with Crippen LogP contribution >= 0.6 is 12.2 Å². The number of hydrogen-bond donors (Lipinski definition) is 4. The summed E-state index contributed by atoms with van der Waals surface area (Å²) < 4.78 is 5.15. The van der Waals surface area contributed by atoms with Crippen molar-refractivity contribution in [3.8, 4) is 5.75 Å². The van der Waals surface area contributed by atoms with Crippen LogP contribution in [0, 0.1) is 5.92 Å². The second-order valence-corrected chi connectivity index (χ2v) is 7.87. The van der Waals surface area contributed by atoms with Crippen molar-refractivity contribution in [3.05, 3.63) is 59.7 Å². The monoisotopic (exact) mass is 454 g/mol. The van der Waals surface area contributed by atoms with Gasteiger partial charge < -0.3 is 10.1 Å². The van der Waals surface area contributed by atoms with Gasteiger partial charge in [0.15, 0.2) is 5.11 Å². The molecular formula is C23H26N4O4S. The Morgan fingerprint density at radius 3 is 2.28 bits per heavy atom. The number of rotatable bonds is 5. The van der Waals surface area contributed by atoms with Crippen LogP contribution in [0.4, 0.5) is 5.69 Å². The average molecular weight is 455 g/mol. The Hall–Kier alpha value is -3.46. The lowest BCUT2D eigenvalue weighted by atomic mass is 9.88. The fourth-order valence-electron chi connectivity index (χ4n) is 3.53. The lowest BCUT2D eigenvalue weighted by molar-refractivity contribution is -0.120. The number of ether oxygens (including phenoxy) is 1. The summed E-state index contributed by atoms with van der Waals surface area (Å²) in [6, 6.07) is 13.3. The molecule has 0 saturated heterocycles. The summed E-state index contributed by atoms with van der Waals surface area (Å²) in [7, 11) is 1.47. The predicted octanol–water partition coefficient (Wildman–Crippen LogP) is 3.16. The third-order valence-electron chi connectivity index (χ3n) is 5.26. The third-order valence-corrected chi connectivity index (χ3v) is 5.46. The van der Waals surface area contributed by atoms with E-state index in [1.165, 1.54) is 13.5 Å². The Labute approximate surface area is 192 Å². The zero-order valence-electron chi connectivity index (χ0n) is 17.8. The summed E-state index contributed by atoms with van der Waals surface area (Å²) in [5, 5.41) is 5.32. The molecule has 0 heterocycles. The molecule has 0 unspecified atom stereocenters. The third kappa shape index (κ3) is 6.27. The van der Waals surface area contributed by atoms with E-state index in [9.17, 15) is 14.4 Å². The Bertz CT molecular complexity index is 988. The number of methoxy groups -OCH3 is 1. The molecule has 0 radical (unpaired) electrons. The molecule has 1 saturated carbocycles. The van der Waals surface area contributed by atoms with E-state index in [0.29, 0.717) is 22.6 Å². The SMILES string of the molecule is COc1ccccc1C(=O)NC(=S)NNC(=O)c1ccc(NC(=O)C2CCCCC2)cc1. The minimum Gasteiger partial charge on any atom is -0.496 e. The number of hydrazine groups is 1. The highest BCUT2D eigenvalue weighted by atomic mass is 32.1. The highest BCUT2D eigenvalue weighted by Crippen LogP contribution is 2.25. The van der Waals surface area contributed by atoms with Gasteiger partial charge in [-0.3, -0.25) is 30.6 Å². The average Bonchev–Trinajstić information content (AvgIpc) is 2.83. The van der Waals surface area contributed by atoms with Crippen molar-refractivity contribution in [2.75, 3.05) is 12.4 Å². The Kier molecular flexibility index (Phi) is 8.15. The second kappa shape index (κ2) is 11.2. The highest BCUT2D eigenvalue weighted by Gasteiger charge is 2.21. The molecule has 2 aromatic carbocycles. The number of benzene rings is 2. The molecule has 3 rings (SSSR count). The van der Waals surface area contributed by atoms with Gasteiger partial charge in [0.05, 0.1) is 12.7 Å². The number of carbonyl (C=O) groups excluding carboxylic acids is 3. The van der Waals surface area contributed by atoms with Crippen LogP contribution in [-0.4, -0.2) is 29.9 Å². The van der Waals surface area contributed by atoms with E-state index in [1.807, 2.05) is 0 Å². The van der Waals surface area contributed by atoms with Gasteiger partial charge in [0.1, 0.15) is 5.75 Å². The Morgan fingerprint density at radius 2 is 1.59 bits per heavy atom. The van der Waals surface area contributed by atoms with Crippen LogP contribution in [-0.2, 0) is 4.79 Å². The van der Waals surface area contributed by atoms with E-state index in [0.717, 1.165) is 25.7 Å². The first-order valence-electron chi connectivity index (χ1n) is 10.4. The molecule has 1 fully saturated rings. The number of nitrogens with one attached hydrogen (secondary N) is 4. The van der Waals surface area contributed by atoms with Gasteiger partial charge in [0.25, 0.3) is 11.8 Å². The summed E-state index contributed by atoms with van der Waals surface area (Å²) >= 11 is 5.06. The molecule has 1 aliphatic rings. The maximum atomic E-state index is 12.3. The maximum absolute atomic E-state index is 12.3. The molecule has 32 heavy (non-hydrogen) atoms. The summed E-state index contributed by atoms with van der Waals surface area (Å²) in [5.74, 6) is -0.411. The summed E-state index contributed by atoms with van der Waals surface area (Å²) in [6.45, 7) is 0.